The summed E-state index contributed by atoms with van der Waals surface area (Å²) in [5.41, 5.74) is 0. The topological polar surface area (TPSA) is 21.3 Å². The molecule has 0 saturated carbocycles. The summed E-state index contributed by atoms with van der Waals surface area (Å²) in [6, 6.07) is 0. The van der Waals surface area contributed by atoms with Gasteiger partial charge in [0.25, 0.3) is 0 Å². The molecule has 0 aliphatic rings. The van der Waals surface area contributed by atoms with Crippen molar-refractivity contribution in [1.29, 1.82) is 0 Å². The van der Waals surface area contributed by atoms with Gasteiger partial charge < -0.3 is 10.1 Å². The second-order valence-corrected chi connectivity index (χ2v) is 2.12. The molecule has 0 aromatic rings. The Bertz CT molecular complexity index is 81.3. The Balaban J connectivity index is 2.77. The van der Waals surface area contributed by atoms with Crippen LogP contribution in [0.5, 0.6) is 0 Å². The number of rotatable bonds is 6. The molecule has 0 rings (SSSR count). The highest BCUT2D eigenvalue weighted by Gasteiger charge is 1.82. The lowest BCUT2D eigenvalue weighted by molar-refractivity contribution is 0.194. The smallest absolute Gasteiger partial charge is 0.0474 e. The molecule has 0 aliphatic carbocycles. The normalized spacial score (nSPS) is 11.0. The minimum Gasteiger partial charge on any atom is -0.385 e. The van der Waals surface area contributed by atoms with Crippen molar-refractivity contribution >= 4 is 0 Å². The van der Waals surface area contributed by atoms with Gasteiger partial charge in [0.15, 0.2) is 0 Å². The van der Waals surface area contributed by atoms with Crippen molar-refractivity contribution < 1.29 is 4.74 Å². The van der Waals surface area contributed by atoms with Crippen LogP contribution in [0, 0.1) is 0 Å². The highest BCUT2D eigenvalue weighted by molar-refractivity contribution is 4.78. The van der Waals surface area contributed by atoms with Crippen molar-refractivity contribution in [2.75, 3.05) is 26.8 Å². The molecule has 0 saturated heterocycles. The van der Waals surface area contributed by atoms with E-state index >= 15 is 0 Å². The van der Waals surface area contributed by atoms with Gasteiger partial charge >= 0.3 is 0 Å². The van der Waals surface area contributed by atoms with Gasteiger partial charge in [-0.15, -0.1) is 0 Å². The third-order valence-electron chi connectivity index (χ3n) is 1.20. The summed E-state index contributed by atoms with van der Waals surface area (Å²) in [5, 5.41) is 3.25. The van der Waals surface area contributed by atoms with Crippen LogP contribution in [0.15, 0.2) is 12.2 Å². The summed E-state index contributed by atoms with van der Waals surface area (Å²) in [4.78, 5) is 0. The third kappa shape index (κ3) is 7.66. The van der Waals surface area contributed by atoms with E-state index in [1.165, 1.54) is 0 Å². The first-order valence-electron chi connectivity index (χ1n) is 3.72. The van der Waals surface area contributed by atoms with E-state index in [0.717, 1.165) is 26.1 Å². The molecule has 0 radical (unpaired) electrons. The largest absolute Gasteiger partial charge is 0.385 e. The standard InChI is InChI=1S/C8H17NO/c1-3-4-6-9-7-5-8-10-2/h3-4,9H,5-8H2,1-2H3. The zero-order chi connectivity index (χ0) is 7.66. The van der Waals surface area contributed by atoms with Crippen molar-refractivity contribution in [3.8, 4) is 0 Å². The molecule has 0 spiro atoms. The minimum absolute atomic E-state index is 0.850. The first kappa shape index (κ1) is 9.66. The quantitative estimate of drug-likeness (QED) is 0.445. The van der Waals surface area contributed by atoms with Gasteiger partial charge in [-0.1, -0.05) is 12.2 Å². The van der Waals surface area contributed by atoms with Crippen LogP contribution in [0.1, 0.15) is 13.3 Å². The van der Waals surface area contributed by atoms with Gasteiger partial charge in [-0.2, -0.15) is 0 Å². The number of allylic oxidation sites excluding steroid dienone is 1. The molecule has 0 atom stereocenters. The van der Waals surface area contributed by atoms with E-state index in [1.807, 2.05) is 13.0 Å². The molecule has 0 aromatic heterocycles. The lowest BCUT2D eigenvalue weighted by Gasteiger charge is -1.99. The van der Waals surface area contributed by atoms with Crippen LogP contribution in [-0.2, 0) is 4.74 Å². The maximum absolute atomic E-state index is 4.89. The second-order valence-electron chi connectivity index (χ2n) is 2.12. The van der Waals surface area contributed by atoms with E-state index in [0.29, 0.717) is 0 Å². The molecular formula is C8H17NO. The summed E-state index contributed by atoms with van der Waals surface area (Å²) >= 11 is 0. The lowest BCUT2D eigenvalue weighted by Crippen LogP contribution is -2.16. The van der Waals surface area contributed by atoms with E-state index < -0.39 is 0 Å². The Labute approximate surface area is 63.3 Å². The van der Waals surface area contributed by atoms with Gasteiger partial charge in [-0.25, -0.2) is 0 Å². The molecule has 0 fully saturated rings. The average Bonchev–Trinajstić information content (AvgIpc) is 1.97. The Hall–Kier alpha value is -0.340. The zero-order valence-corrected chi connectivity index (χ0v) is 6.89. The van der Waals surface area contributed by atoms with Crippen molar-refractivity contribution in [2.24, 2.45) is 0 Å². The highest BCUT2D eigenvalue weighted by atomic mass is 16.5. The fourth-order valence-corrected chi connectivity index (χ4v) is 0.645. The fraction of sp³-hybridized carbons (Fsp3) is 0.750. The van der Waals surface area contributed by atoms with Crippen LogP contribution in [0.2, 0.25) is 0 Å². The summed E-state index contributed by atoms with van der Waals surface area (Å²) in [7, 11) is 1.73. The summed E-state index contributed by atoms with van der Waals surface area (Å²) in [5.74, 6) is 0. The molecular weight excluding hydrogens is 126 g/mol. The summed E-state index contributed by atoms with van der Waals surface area (Å²) in [6.07, 6.45) is 5.24. The molecule has 0 aromatic carbocycles. The maximum Gasteiger partial charge on any atom is 0.0474 e. The van der Waals surface area contributed by atoms with E-state index in [1.54, 1.807) is 7.11 Å². The molecule has 10 heavy (non-hydrogen) atoms. The predicted molar refractivity (Wildman–Crippen MR) is 44.2 cm³/mol. The first-order chi connectivity index (χ1) is 4.91. The molecule has 2 heteroatoms. The van der Waals surface area contributed by atoms with Crippen molar-refractivity contribution in [1.82, 2.24) is 5.32 Å². The molecule has 0 unspecified atom stereocenters. The van der Waals surface area contributed by atoms with Crippen LogP contribution in [0.4, 0.5) is 0 Å². The van der Waals surface area contributed by atoms with Gasteiger partial charge in [0.2, 0.25) is 0 Å². The molecule has 0 bridgehead atoms. The van der Waals surface area contributed by atoms with Crippen molar-refractivity contribution in [3.05, 3.63) is 12.2 Å². The number of hydrogen-bond donors (Lipinski definition) is 1. The molecule has 2 nitrogen and oxygen atoms in total. The number of nitrogens with one attached hydrogen (secondary N) is 1. The maximum atomic E-state index is 4.89. The lowest BCUT2D eigenvalue weighted by atomic mass is 10.4. The van der Waals surface area contributed by atoms with Gasteiger partial charge in [0, 0.05) is 20.3 Å². The summed E-state index contributed by atoms with van der Waals surface area (Å²) < 4.78 is 4.89. The first-order valence-corrected chi connectivity index (χ1v) is 3.72. The van der Waals surface area contributed by atoms with Crippen LogP contribution in [0.3, 0.4) is 0 Å². The van der Waals surface area contributed by atoms with Crippen LogP contribution in [-0.4, -0.2) is 26.8 Å². The van der Waals surface area contributed by atoms with E-state index in [9.17, 15) is 0 Å². The highest BCUT2D eigenvalue weighted by Crippen LogP contribution is 1.76. The van der Waals surface area contributed by atoms with Gasteiger partial charge in [0.1, 0.15) is 0 Å². The van der Waals surface area contributed by atoms with E-state index in [-0.39, 0.29) is 0 Å². The number of methoxy groups -OCH3 is 1. The van der Waals surface area contributed by atoms with Crippen molar-refractivity contribution in [2.45, 2.75) is 13.3 Å². The fourth-order valence-electron chi connectivity index (χ4n) is 0.645. The predicted octanol–water partition coefficient (Wildman–Crippen LogP) is 1.19. The molecule has 0 aliphatic heterocycles. The Morgan fingerprint density at radius 2 is 2.30 bits per heavy atom. The number of ether oxygens (including phenoxy) is 1. The molecule has 1 N–H and O–H groups in total. The Morgan fingerprint density at radius 1 is 1.50 bits per heavy atom. The summed E-state index contributed by atoms with van der Waals surface area (Å²) in [6.45, 7) is 4.89. The molecule has 0 heterocycles. The van der Waals surface area contributed by atoms with Gasteiger partial charge in [-0.05, 0) is 19.9 Å². The van der Waals surface area contributed by atoms with Gasteiger partial charge in [-0.3, -0.25) is 0 Å². The zero-order valence-electron chi connectivity index (χ0n) is 6.89. The van der Waals surface area contributed by atoms with Gasteiger partial charge in [0.05, 0.1) is 0 Å². The minimum atomic E-state index is 0.850. The SMILES string of the molecule is CC=CCNCCCOC. The van der Waals surface area contributed by atoms with E-state index in [4.69, 9.17) is 4.74 Å². The molecule has 60 valence electrons. The Morgan fingerprint density at radius 3 is 2.90 bits per heavy atom. The van der Waals surface area contributed by atoms with E-state index in [2.05, 4.69) is 11.4 Å². The van der Waals surface area contributed by atoms with Crippen molar-refractivity contribution in [3.63, 3.8) is 0 Å². The van der Waals surface area contributed by atoms with Crippen LogP contribution >= 0.6 is 0 Å². The monoisotopic (exact) mass is 143 g/mol. The second kappa shape index (κ2) is 8.66. The third-order valence-corrected chi connectivity index (χ3v) is 1.20. The van der Waals surface area contributed by atoms with Crippen LogP contribution < -0.4 is 5.32 Å². The Kier molecular flexibility index (Phi) is 8.37. The molecule has 0 amide bonds. The number of hydrogen-bond acceptors (Lipinski definition) is 2. The average molecular weight is 143 g/mol. The van der Waals surface area contributed by atoms with Crippen LogP contribution in [0.25, 0.3) is 0 Å².